The van der Waals surface area contributed by atoms with Crippen molar-refractivity contribution in [3.8, 4) is 0 Å². The van der Waals surface area contributed by atoms with Crippen LogP contribution in [0.2, 0.25) is 0 Å². The normalized spacial score (nSPS) is 19.0. The molecule has 4 aromatic rings. The number of carboxylic acids is 1. The molecule has 2 aromatic carbocycles. The number of rotatable bonds is 18. The maximum absolute atomic E-state index is 14.4. The Morgan fingerprint density at radius 1 is 0.603 bits per heavy atom. The zero-order valence-corrected chi connectivity index (χ0v) is 41.3. The summed E-state index contributed by atoms with van der Waals surface area (Å²) in [6.07, 6.45) is 2.35. The molecule has 22 nitrogen and oxygen atoms in total. The summed E-state index contributed by atoms with van der Waals surface area (Å²) < 4.78 is 31.7. The molecule has 15 N–H and O–H groups in total. The molecule has 25 heteroatoms. The van der Waals surface area contributed by atoms with E-state index < -0.39 is 65.7 Å². The summed E-state index contributed by atoms with van der Waals surface area (Å²) in [6, 6.07) is 11.9. The fourth-order valence-electron chi connectivity index (χ4n) is 8.00. The summed E-state index contributed by atoms with van der Waals surface area (Å²) in [6.45, 7) is 4.81. The number of H-pyrrole nitrogens is 2. The number of nitrogens with zero attached hydrogens (tertiary/aromatic N) is 3. The van der Waals surface area contributed by atoms with Crippen molar-refractivity contribution >= 4 is 63.2 Å². The van der Waals surface area contributed by atoms with Crippen molar-refractivity contribution in [3.63, 3.8) is 0 Å². The van der Waals surface area contributed by atoms with Crippen molar-refractivity contribution in [3.05, 3.63) is 72.1 Å². The first-order valence-electron chi connectivity index (χ1n) is 24.4. The number of amides is 6. The Bertz CT molecular complexity index is 2430. The molecule has 0 radical (unpaired) electrons. The zero-order valence-electron chi connectivity index (χ0n) is 41.3. The van der Waals surface area contributed by atoms with Crippen molar-refractivity contribution in [1.29, 1.82) is 0 Å². The molecule has 0 unspecified atom stereocenters. The van der Waals surface area contributed by atoms with E-state index in [1.165, 1.54) is 15.0 Å². The van der Waals surface area contributed by atoms with Crippen LogP contribution in [0.3, 0.4) is 0 Å². The predicted octanol–water partition coefficient (Wildman–Crippen LogP) is 0.798. The number of halogens is 3. The number of hydrogen-bond donors (Lipinski definition) is 12. The molecule has 0 aliphatic carbocycles. The average Bonchev–Trinajstić information content (AvgIpc) is 3.93. The highest BCUT2D eigenvalue weighted by Crippen LogP contribution is 2.21. The first-order chi connectivity index (χ1) is 34.8. The minimum Gasteiger partial charge on any atom is -0.475 e. The van der Waals surface area contributed by atoms with Gasteiger partial charge in [0.05, 0.1) is 19.6 Å². The monoisotopic (exact) mass is 1030 g/mol. The maximum atomic E-state index is 14.4. The maximum Gasteiger partial charge on any atom is 0.490 e. The molecule has 1 aliphatic rings. The minimum atomic E-state index is -5.08. The fourth-order valence-corrected chi connectivity index (χ4v) is 8.00. The van der Waals surface area contributed by atoms with Crippen LogP contribution < -0.4 is 49.4 Å². The van der Waals surface area contributed by atoms with Crippen molar-refractivity contribution in [2.24, 2.45) is 23.1 Å². The molecule has 5 rings (SSSR count). The number of nitrogens with two attached hydrogens (primary N) is 3. The van der Waals surface area contributed by atoms with E-state index in [0.717, 1.165) is 32.9 Å². The Hall–Kier alpha value is -6.64. The quantitative estimate of drug-likeness (QED) is 0.0614. The zero-order chi connectivity index (χ0) is 53.5. The van der Waals surface area contributed by atoms with E-state index in [9.17, 15) is 41.9 Å². The Labute approximate surface area is 421 Å². The van der Waals surface area contributed by atoms with Crippen molar-refractivity contribution in [1.82, 2.24) is 57.2 Å². The molecule has 3 heterocycles. The lowest BCUT2D eigenvalue weighted by Gasteiger charge is -2.29. The van der Waals surface area contributed by atoms with Crippen molar-refractivity contribution < 1.29 is 51.8 Å². The minimum absolute atomic E-state index is 0.0161. The van der Waals surface area contributed by atoms with Crippen LogP contribution in [0.25, 0.3) is 21.8 Å². The number of hydrazine groups is 3. The van der Waals surface area contributed by atoms with Crippen LogP contribution in [0.1, 0.15) is 69.9 Å². The molecule has 2 aromatic heterocycles. The number of hydrogen-bond acceptors (Lipinski definition) is 13. The third-order valence-electron chi connectivity index (χ3n) is 11.5. The average molecular weight is 1030 g/mol. The van der Waals surface area contributed by atoms with Gasteiger partial charge in [0.2, 0.25) is 17.7 Å². The highest BCUT2D eigenvalue weighted by atomic mass is 19.4. The van der Waals surface area contributed by atoms with Gasteiger partial charge in [0.15, 0.2) is 0 Å². The van der Waals surface area contributed by atoms with Crippen LogP contribution >= 0.6 is 0 Å². The van der Waals surface area contributed by atoms with E-state index in [4.69, 9.17) is 27.1 Å². The van der Waals surface area contributed by atoms with E-state index in [0.29, 0.717) is 58.2 Å². The van der Waals surface area contributed by atoms with Gasteiger partial charge < -0.3 is 48.2 Å². The van der Waals surface area contributed by atoms with Crippen LogP contribution in [-0.2, 0) is 46.4 Å². The largest absolute Gasteiger partial charge is 0.490 e. The van der Waals surface area contributed by atoms with Gasteiger partial charge in [0.25, 0.3) is 17.7 Å². The number of carbonyl (C=O) groups excluding carboxylic acids is 6. The van der Waals surface area contributed by atoms with Gasteiger partial charge in [-0.25, -0.2) is 19.8 Å². The van der Waals surface area contributed by atoms with E-state index in [1.807, 2.05) is 62.4 Å². The number of aliphatic carboxylic acids is 1. The summed E-state index contributed by atoms with van der Waals surface area (Å²) >= 11 is 0. The van der Waals surface area contributed by atoms with Gasteiger partial charge in [0.1, 0.15) is 18.1 Å². The van der Waals surface area contributed by atoms with Gasteiger partial charge >= 0.3 is 12.1 Å². The molecule has 1 fully saturated rings. The van der Waals surface area contributed by atoms with Crippen molar-refractivity contribution in [2.45, 2.75) is 95.9 Å². The number of alkyl halides is 3. The second-order valence-corrected chi connectivity index (χ2v) is 18.1. The molecule has 73 heavy (non-hydrogen) atoms. The topological polar surface area (TPSA) is 331 Å². The van der Waals surface area contributed by atoms with Gasteiger partial charge in [-0.3, -0.25) is 45.0 Å². The molecule has 0 bridgehead atoms. The smallest absolute Gasteiger partial charge is 0.475 e. The lowest BCUT2D eigenvalue weighted by molar-refractivity contribution is -0.192. The van der Waals surface area contributed by atoms with Gasteiger partial charge in [-0.15, -0.1) is 0 Å². The van der Waals surface area contributed by atoms with Gasteiger partial charge in [-0.1, -0.05) is 50.2 Å². The number of aromatic amines is 2. The molecular formula is C48H71F3N14O8. The predicted molar refractivity (Wildman–Crippen MR) is 267 cm³/mol. The van der Waals surface area contributed by atoms with Crippen LogP contribution in [0, 0.1) is 5.92 Å². The lowest BCUT2D eigenvalue weighted by Crippen LogP contribution is -2.59. The second-order valence-electron chi connectivity index (χ2n) is 18.1. The third-order valence-corrected chi connectivity index (χ3v) is 11.5. The number of nitrogens with one attached hydrogen (secondary N) is 8. The van der Waals surface area contributed by atoms with Crippen molar-refractivity contribution in [2.75, 3.05) is 58.9 Å². The van der Waals surface area contributed by atoms with Crippen LogP contribution in [-0.4, -0.2) is 155 Å². The lowest BCUT2D eigenvalue weighted by atomic mass is 10.0. The number of unbranched alkanes of at least 4 members (excludes halogenated alkanes) is 3. The third kappa shape index (κ3) is 20.1. The first kappa shape index (κ1) is 58.9. The Morgan fingerprint density at radius 3 is 1.38 bits per heavy atom. The molecule has 6 amide bonds. The number of aromatic nitrogens is 2. The Balaban J connectivity index is 0.00000153. The summed E-state index contributed by atoms with van der Waals surface area (Å²) in [7, 11) is 0. The molecule has 1 aliphatic heterocycles. The molecular weight excluding hydrogens is 958 g/mol. The molecule has 402 valence electrons. The standard InChI is InChI=1S/C46H70N14O6.C2HF3O2/c1-31(2)27-60-30-43(63)54-39(23-32-25-50-36-15-5-3-13-34(32)36)45(65)56-59(22-12-10-20-49)28-41(61)52-38(17-7-8-18-47)44(64)55-58(21-11-9-19-48)29-42(62)53-40(46(66)57-60)24-33-26-51-37-16-6-4-14-35(33)37;3-2(4,5)1(6)7/h3-6,13-16,25-26,31,38-40,50-51H,7-12,17-24,27-30,47-49H2,1-2H3,(H,52,61)(H,53,62)(H,54,63)(H,55,64)(H,56,65)(H,57,66);(H,6,7)/t38-,39-,40-;/m0./s1. The highest BCUT2D eigenvalue weighted by molar-refractivity contribution is 5.93. The molecule has 0 saturated carbocycles. The SMILES string of the molecule is CC(C)CN1CC(=O)N[C@@H](Cc2c[nH]c3ccccc23)C(=O)NN(CCCCN)CC(=O)N[C@@H](CCCCN)C(=O)NN(CCCCN)CC(=O)N[C@@H](Cc2c[nH]c3ccccc23)C(=O)N1.O=C(O)C(F)(F)F. The van der Waals surface area contributed by atoms with Crippen LogP contribution in [0.5, 0.6) is 0 Å². The summed E-state index contributed by atoms with van der Waals surface area (Å²) in [5.41, 5.74) is 29.3. The number of fused-ring (bicyclic) bond motifs is 2. The van der Waals surface area contributed by atoms with Crippen LogP contribution in [0.4, 0.5) is 13.2 Å². The molecule has 0 spiro atoms. The van der Waals surface area contributed by atoms with Crippen LogP contribution in [0.15, 0.2) is 60.9 Å². The van der Waals surface area contributed by atoms with E-state index in [1.54, 1.807) is 12.4 Å². The molecule has 1 saturated heterocycles. The number of benzene rings is 2. The second kappa shape index (κ2) is 29.8. The summed E-state index contributed by atoms with van der Waals surface area (Å²) in [5.74, 6) is -6.12. The Morgan fingerprint density at radius 2 is 0.973 bits per heavy atom. The van der Waals surface area contributed by atoms with Gasteiger partial charge in [0, 0.05) is 66.7 Å². The summed E-state index contributed by atoms with van der Waals surface area (Å²) in [5, 5.41) is 21.9. The number of carboxylic acid groups (broad SMARTS) is 1. The molecule has 3 atom stereocenters. The van der Waals surface area contributed by atoms with E-state index >= 15 is 0 Å². The summed E-state index contributed by atoms with van der Waals surface area (Å²) in [4.78, 5) is 100. The first-order valence-corrected chi connectivity index (χ1v) is 24.4. The Kier molecular flexibility index (Phi) is 24.0. The van der Waals surface area contributed by atoms with E-state index in [2.05, 4.69) is 42.2 Å². The number of carbonyl (C=O) groups is 7. The van der Waals surface area contributed by atoms with Gasteiger partial charge in [-0.05, 0) is 93.8 Å². The fraction of sp³-hybridized carbons (Fsp3) is 0.521. The number of para-hydroxylation sites is 2. The van der Waals surface area contributed by atoms with Gasteiger partial charge in [-0.2, -0.15) is 13.2 Å². The highest BCUT2D eigenvalue weighted by Gasteiger charge is 2.38. The van der Waals surface area contributed by atoms with E-state index in [-0.39, 0.29) is 64.4 Å².